The van der Waals surface area contributed by atoms with Gasteiger partial charge in [-0.2, -0.15) is 0 Å². The first kappa shape index (κ1) is 12.8. The van der Waals surface area contributed by atoms with Gasteiger partial charge in [-0.25, -0.2) is 0 Å². The summed E-state index contributed by atoms with van der Waals surface area (Å²) in [7, 11) is 0. The number of anilines is 1. The van der Waals surface area contributed by atoms with Crippen molar-refractivity contribution in [3.8, 4) is 0 Å². The number of aromatic nitrogens is 1. The smallest absolute Gasteiger partial charge is 0.0895 e. The first-order valence-electron chi connectivity index (χ1n) is 7.71. The lowest BCUT2D eigenvalue weighted by Crippen LogP contribution is -2.36. The van der Waals surface area contributed by atoms with Crippen LogP contribution < -0.4 is 5.32 Å². The largest absolute Gasteiger partial charge is 0.378 e. The van der Waals surface area contributed by atoms with Gasteiger partial charge in [-0.1, -0.05) is 17.7 Å². The van der Waals surface area contributed by atoms with Crippen LogP contribution in [-0.4, -0.2) is 11.6 Å². The summed E-state index contributed by atoms with van der Waals surface area (Å²) in [4.78, 5) is 4.14. The molecule has 3 heteroatoms. The Morgan fingerprint density at radius 1 is 1.19 bits per heavy atom. The molecule has 2 aromatic rings. The van der Waals surface area contributed by atoms with Crippen molar-refractivity contribution in [1.29, 1.82) is 0 Å². The van der Waals surface area contributed by atoms with Gasteiger partial charge in [-0.05, 0) is 43.5 Å². The Morgan fingerprint density at radius 3 is 2.90 bits per heavy atom. The van der Waals surface area contributed by atoms with E-state index in [1.165, 1.54) is 28.8 Å². The summed E-state index contributed by atoms with van der Waals surface area (Å²) in [5, 5.41) is 3.73. The number of hydrogen-bond donors (Lipinski definition) is 1. The normalized spacial score (nSPS) is 27.4. The number of aryl methyl sites for hydroxylation is 1. The molecular weight excluding hydrogens is 260 g/mol. The number of fused-ring (bicyclic) bond motifs is 3. The summed E-state index contributed by atoms with van der Waals surface area (Å²) >= 11 is 0. The van der Waals surface area contributed by atoms with E-state index in [2.05, 4.69) is 47.6 Å². The number of ether oxygens (including phenoxy) is 1. The zero-order valence-corrected chi connectivity index (χ0v) is 12.3. The Hall–Kier alpha value is -1.87. The number of benzene rings is 1. The third-order valence-corrected chi connectivity index (χ3v) is 4.69. The molecule has 2 aliphatic rings. The van der Waals surface area contributed by atoms with Crippen molar-refractivity contribution in [1.82, 2.24) is 4.98 Å². The van der Waals surface area contributed by atoms with Gasteiger partial charge in [0.1, 0.15) is 0 Å². The first-order valence-corrected chi connectivity index (χ1v) is 7.71. The van der Waals surface area contributed by atoms with Crippen molar-refractivity contribution >= 4 is 5.69 Å². The van der Waals surface area contributed by atoms with Crippen LogP contribution in [0.15, 0.2) is 42.7 Å². The van der Waals surface area contributed by atoms with Gasteiger partial charge in [-0.15, -0.1) is 0 Å². The van der Waals surface area contributed by atoms with E-state index in [-0.39, 0.29) is 6.10 Å². The summed E-state index contributed by atoms with van der Waals surface area (Å²) in [6, 6.07) is 11.2. The lowest BCUT2D eigenvalue weighted by Gasteiger charge is -2.43. The number of nitrogens with zero attached hydrogens (tertiary/aromatic N) is 1. The zero-order valence-electron chi connectivity index (χ0n) is 12.3. The molecule has 1 aromatic carbocycles. The standard InChI is InChI=1S/C18H20N2O/c1-12-4-5-16-15(11-12)18-14(3-2-10-21-18)17(20-16)13-6-8-19-9-7-13/h4-9,11,14,17-18,20H,2-3,10H2,1H3/t14-,17-,18-/m0/s1. The molecule has 1 saturated heterocycles. The number of nitrogens with one attached hydrogen (secondary N) is 1. The molecular formula is C18H20N2O. The van der Waals surface area contributed by atoms with E-state index < -0.39 is 0 Å². The fourth-order valence-electron chi connectivity index (χ4n) is 3.69. The highest BCUT2D eigenvalue weighted by Crippen LogP contribution is 2.49. The number of pyridine rings is 1. The molecule has 0 bridgehead atoms. The second kappa shape index (κ2) is 5.15. The third kappa shape index (κ3) is 2.22. The number of rotatable bonds is 1. The van der Waals surface area contributed by atoms with Crippen molar-refractivity contribution in [3.63, 3.8) is 0 Å². The summed E-state index contributed by atoms with van der Waals surface area (Å²) in [5.41, 5.74) is 5.14. The molecule has 0 radical (unpaired) electrons. The van der Waals surface area contributed by atoms with Gasteiger partial charge < -0.3 is 10.1 Å². The van der Waals surface area contributed by atoms with Crippen LogP contribution in [-0.2, 0) is 4.74 Å². The summed E-state index contributed by atoms with van der Waals surface area (Å²) in [5.74, 6) is 0.496. The van der Waals surface area contributed by atoms with Crippen molar-refractivity contribution in [2.45, 2.75) is 31.9 Å². The van der Waals surface area contributed by atoms with E-state index >= 15 is 0 Å². The molecule has 1 aromatic heterocycles. The fourth-order valence-corrected chi connectivity index (χ4v) is 3.69. The lowest BCUT2D eigenvalue weighted by atomic mass is 9.77. The topological polar surface area (TPSA) is 34.1 Å². The monoisotopic (exact) mass is 280 g/mol. The van der Waals surface area contributed by atoms with Gasteiger partial charge in [0.25, 0.3) is 0 Å². The Morgan fingerprint density at radius 2 is 2.05 bits per heavy atom. The van der Waals surface area contributed by atoms with Crippen LogP contribution in [0.5, 0.6) is 0 Å². The molecule has 3 heterocycles. The number of hydrogen-bond acceptors (Lipinski definition) is 3. The Labute approximate surface area is 125 Å². The molecule has 0 amide bonds. The highest BCUT2D eigenvalue weighted by atomic mass is 16.5. The predicted octanol–water partition coefficient (Wildman–Crippen LogP) is 4.02. The van der Waals surface area contributed by atoms with Gasteiger partial charge in [-0.3, -0.25) is 4.98 Å². The Kier molecular flexibility index (Phi) is 3.15. The Bertz CT molecular complexity index is 641. The van der Waals surface area contributed by atoms with Crippen molar-refractivity contribution in [2.24, 2.45) is 5.92 Å². The molecule has 108 valence electrons. The minimum absolute atomic E-state index is 0.216. The highest BCUT2D eigenvalue weighted by Gasteiger charge is 2.39. The summed E-state index contributed by atoms with van der Waals surface area (Å²) in [6.45, 7) is 3.02. The fraction of sp³-hybridized carbons (Fsp3) is 0.389. The maximum absolute atomic E-state index is 6.16. The lowest BCUT2D eigenvalue weighted by molar-refractivity contribution is -0.0381. The molecule has 1 N–H and O–H groups in total. The molecule has 4 rings (SSSR count). The third-order valence-electron chi connectivity index (χ3n) is 4.69. The van der Waals surface area contributed by atoms with E-state index in [1.54, 1.807) is 0 Å². The molecule has 3 atom stereocenters. The van der Waals surface area contributed by atoms with E-state index in [4.69, 9.17) is 4.74 Å². The van der Waals surface area contributed by atoms with Crippen LogP contribution >= 0.6 is 0 Å². The van der Waals surface area contributed by atoms with Gasteiger partial charge >= 0.3 is 0 Å². The van der Waals surface area contributed by atoms with Crippen LogP contribution in [0, 0.1) is 12.8 Å². The van der Waals surface area contributed by atoms with Crippen LogP contribution in [0.25, 0.3) is 0 Å². The average molecular weight is 280 g/mol. The van der Waals surface area contributed by atoms with Crippen molar-refractivity contribution < 1.29 is 4.74 Å². The van der Waals surface area contributed by atoms with Gasteiger partial charge in [0.15, 0.2) is 0 Å². The van der Waals surface area contributed by atoms with Crippen molar-refractivity contribution in [2.75, 3.05) is 11.9 Å². The van der Waals surface area contributed by atoms with E-state index in [0.29, 0.717) is 12.0 Å². The van der Waals surface area contributed by atoms with E-state index in [1.807, 2.05) is 12.4 Å². The maximum Gasteiger partial charge on any atom is 0.0895 e. The van der Waals surface area contributed by atoms with Crippen LogP contribution in [0.3, 0.4) is 0 Å². The molecule has 1 fully saturated rings. The van der Waals surface area contributed by atoms with Gasteiger partial charge in [0.05, 0.1) is 12.1 Å². The van der Waals surface area contributed by atoms with Crippen molar-refractivity contribution in [3.05, 3.63) is 59.4 Å². The average Bonchev–Trinajstić information content (AvgIpc) is 2.55. The second-order valence-electron chi connectivity index (χ2n) is 6.09. The Balaban J connectivity index is 1.79. The molecule has 0 aliphatic carbocycles. The van der Waals surface area contributed by atoms with Crippen LogP contribution in [0.4, 0.5) is 5.69 Å². The summed E-state index contributed by atoms with van der Waals surface area (Å²) in [6.07, 6.45) is 6.32. The molecule has 0 saturated carbocycles. The second-order valence-corrected chi connectivity index (χ2v) is 6.09. The first-order chi connectivity index (χ1) is 10.3. The predicted molar refractivity (Wildman–Crippen MR) is 83.2 cm³/mol. The quantitative estimate of drug-likeness (QED) is 0.856. The molecule has 21 heavy (non-hydrogen) atoms. The van der Waals surface area contributed by atoms with E-state index in [0.717, 1.165) is 13.0 Å². The molecule has 2 aliphatic heterocycles. The minimum atomic E-state index is 0.216. The zero-order chi connectivity index (χ0) is 14.2. The van der Waals surface area contributed by atoms with Gasteiger partial charge in [0, 0.05) is 36.2 Å². The minimum Gasteiger partial charge on any atom is -0.378 e. The molecule has 0 unspecified atom stereocenters. The van der Waals surface area contributed by atoms with Crippen LogP contribution in [0.1, 0.15) is 41.7 Å². The highest BCUT2D eigenvalue weighted by molar-refractivity contribution is 5.58. The SMILES string of the molecule is Cc1ccc2c(c1)[C@H]1OCCC[C@H]1[C@H](c1ccncc1)N2. The molecule has 0 spiro atoms. The van der Waals surface area contributed by atoms with Gasteiger partial charge in [0.2, 0.25) is 0 Å². The summed E-state index contributed by atoms with van der Waals surface area (Å²) < 4.78 is 6.16. The van der Waals surface area contributed by atoms with E-state index in [9.17, 15) is 0 Å². The molecule has 3 nitrogen and oxygen atoms in total. The maximum atomic E-state index is 6.16. The van der Waals surface area contributed by atoms with Crippen LogP contribution in [0.2, 0.25) is 0 Å².